The number of nitrogens with zero attached hydrogens (tertiary/aromatic N) is 1. The van der Waals surface area contributed by atoms with Crippen molar-refractivity contribution < 1.29 is 5.11 Å². The van der Waals surface area contributed by atoms with E-state index in [1.54, 1.807) is 0 Å². The third kappa shape index (κ3) is 2.36. The fourth-order valence-corrected chi connectivity index (χ4v) is 4.62. The van der Waals surface area contributed by atoms with E-state index in [1.807, 2.05) is 18.2 Å². The number of hydrogen-bond acceptors (Lipinski definition) is 2. The molecule has 1 aromatic heterocycles. The first kappa shape index (κ1) is 13.3. The van der Waals surface area contributed by atoms with E-state index in [0.717, 1.165) is 29.5 Å². The predicted molar refractivity (Wildman–Crippen MR) is 85.0 cm³/mol. The third-order valence-corrected chi connectivity index (χ3v) is 5.69. The molecule has 110 valence electrons. The Morgan fingerprint density at radius 3 is 2.86 bits per heavy atom. The van der Waals surface area contributed by atoms with E-state index in [-0.39, 0.29) is 0 Å². The Morgan fingerprint density at radius 1 is 1.24 bits per heavy atom. The highest BCUT2D eigenvalue weighted by molar-refractivity contribution is 5.82. The number of aliphatic hydroxyl groups is 1. The van der Waals surface area contributed by atoms with Crippen molar-refractivity contribution in [1.82, 2.24) is 4.98 Å². The Balaban J connectivity index is 1.58. The Morgan fingerprint density at radius 2 is 2.10 bits per heavy atom. The van der Waals surface area contributed by atoms with Crippen molar-refractivity contribution in [3.63, 3.8) is 0 Å². The first-order valence-electron chi connectivity index (χ1n) is 8.25. The Labute approximate surface area is 126 Å². The zero-order chi connectivity index (χ0) is 14.4. The number of para-hydroxylation sites is 1. The second kappa shape index (κ2) is 5.10. The van der Waals surface area contributed by atoms with Gasteiger partial charge in [-0.05, 0) is 68.1 Å². The maximum atomic E-state index is 10.6. The van der Waals surface area contributed by atoms with Crippen LogP contribution >= 0.6 is 0 Å². The van der Waals surface area contributed by atoms with E-state index in [9.17, 15) is 5.11 Å². The highest BCUT2D eigenvalue weighted by Gasteiger charge is 2.40. The molecular formula is C19H23NO. The van der Waals surface area contributed by atoms with Crippen molar-refractivity contribution in [3.8, 4) is 0 Å². The van der Waals surface area contributed by atoms with E-state index in [0.29, 0.717) is 5.92 Å². The van der Waals surface area contributed by atoms with Crippen LogP contribution in [0, 0.1) is 24.7 Å². The largest absolute Gasteiger partial charge is 0.387 e. The van der Waals surface area contributed by atoms with Gasteiger partial charge < -0.3 is 5.11 Å². The van der Waals surface area contributed by atoms with E-state index in [2.05, 4.69) is 19.1 Å². The lowest BCUT2D eigenvalue weighted by atomic mass is 9.84. The van der Waals surface area contributed by atoms with Crippen LogP contribution in [0.4, 0.5) is 0 Å². The van der Waals surface area contributed by atoms with Gasteiger partial charge in [0.2, 0.25) is 0 Å². The molecule has 0 saturated heterocycles. The molecule has 1 N–H and O–H groups in total. The Hall–Kier alpha value is -1.41. The molecule has 2 nitrogen and oxygen atoms in total. The summed E-state index contributed by atoms with van der Waals surface area (Å²) >= 11 is 0. The molecule has 2 saturated carbocycles. The Bertz CT molecular complexity index is 666. The fourth-order valence-electron chi connectivity index (χ4n) is 4.62. The molecule has 1 heterocycles. The van der Waals surface area contributed by atoms with Crippen molar-refractivity contribution >= 4 is 10.9 Å². The zero-order valence-corrected chi connectivity index (χ0v) is 12.6. The summed E-state index contributed by atoms with van der Waals surface area (Å²) in [6.45, 7) is 2.11. The summed E-state index contributed by atoms with van der Waals surface area (Å²) in [5.74, 6) is 2.53. The van der Waals surface area contributed by atoms with Gasteiger partial charge >= 0.3 is 0 Å². The number of pyridine rings is 1. The minimum absolute atomic E-state index is 0.405. The molecule has 2 heteroatoms. The molecule has 2 aromatic rings. The molecule has 2 aliphatic rings. The van der Waals surface area contributed by atoms with Gasteiger partial charge in [-0.25, -0.2) is 0 Å². The third-order valence-electron chi connectivity index (χ3n) is 5.69. The highest BCUT2D eigenvalue weighted by atomic mass is 16.3. The second-order valence-electron chi connectivity index (χ2n) is 7.07. The van der Waals surface area contributed by atoms with Crippen LogP contribution in [0.2, 0.25) is 0 Å². The number of hydrogen-bond donors (Lipinski definition) is 1. The van der Waals surface area contributed by atoms with E-state index in [1.165, 1.54) is 36.6 Å². The van der Waals surface area contributed by atoms with Gasteiger partial charge in [0, 0.05) is 5.39 Å². The predicted octanol–water partition coefficient (Wildman–Crippen LogP) is 4.40. The lowest BCUT2D eigenvalue weighted by molar-refractivity contribution is 0.122. The van der Waals surface area contributed by atoms with Gasteiger partial charge in [-0.1, -0.05) is 24.6 Å². The molecule has 2 fully saturated rings. The number of aromatic nitrogens is 1. The quantitative estimate of drug-likeness (QED) is 0.904. The normalized spacial score (nSPS) is 29.1. The van der Waals surface area contributed by atoms with Gasteiger partial charge in [0.1, 0.15) is 0 Å². The summed E-state index contributed by atoms with van der Waals surface area (Å²) in [6, 6.07) is 10.3. The molecule has 2 bridgehead atoms. The van der Waals surface area contributed by atoms with Crippen LogP contribution in [-0.4, -0.2) is 10.1 Å². The maximum absolute atomic E-state index is 10.6. The highest BCUT2D eigenvalue weighted by Crippen LogP contribution is 2.50. The van der Waals surface area contributed by atoms with Crippen molar-refractivity contribution in [2.45, 2.75) is 45.1 Å². The van der Waals surface area contributed by atoms with Gasteiger partial charge in [-0.3, -0.25) is 4.98 Å². The molecule has 4 atom stereocenters. The number of fused-ring (bicyclic) bond motifs is 3. The van der Waals surface area contributed by atoms with Gasteiger partial charge in [-0.2, -0.15) is 0 Å². The summed E-state index contributed by atoms with van der Waals surface area (Å²) in [4.78, 5) is 4.69. The molecule has 0 aliphatic heterocycles. The number of benzene rings is 1. The standard InChI is InChI=1S/C19H23NO/c1-12-8-18(20-17-5-3-2-4-16(12)17)19(21)11-15-10-13-6-7-14(15)9-13/h2-5,8,13-15,19,21H,6-7,9-11H2,1H3. The molecule has 4 rings (SSSR count). The van der Waals surface area contributed by atoms with Crippen LogP contribution in [0.1, 0.15) is 49.5 Å². The lowest BCUT2D eigenvalue weighted by Gasteiger charge is -2.24. The van der Waals surface area contributed by atoms with E-state index >= 15 is 0 Å². The summed E-state index contributed by atoms with van der Waals surface area (Å²) < 4.78 is 0. The van der Waals surface area contributed by atoms with Crippen molar-refractivity contribution in [2.24, 2.45) is 17.8 Å². The average Bonchev–Trinajstić information content (AvgIpc) is 3.10. The fraction of sp³-hybridized carbons (Fsp3) is 0.526. The van der Waals surface area contributed by atoms with Gasteiger partial charge in [-0.15, -0.1) is 0 Å². The summed E-state index contributed by atoms with van der Waals surface area (Å²) in [6.07, 6.45) is 6.02. The van der Waals surface area contributed by atoms with Gasteiger partial charge in [0.05, 0.1) is 17.3 Å². The van der Waals surface area contributed by atoms with Crippen LogP contribution in [0.15, 0.2) is 30.3 Å². The molecule has 2 aliphatic carbocycles. The average molecular weight is 281 g/mol. The molecule has 4 unspecified atom stereocenters. The number of rotatable bonds is 3. The van der Waals surface area contributed by atoms with Gasteiger partial charge in [0.15, 0.2) is 0 Å². The number of aliphatic hydroxyl groups excluding tert-OH is 1. The van der Waals surface area contributed by atoms with E-state index in [4.69, 9.17) is 4.98 Å². The van der Waals surface area contributed by atoms with Crippen LogP contribution < -0.4 is 0 Å². The summed E-state index contributed by atoms with van der Waals surface area (Å²) in [7, 11) is 0. The topological polar surface area (TPSA) is 33.1 Å². The van der Waals surface area contributed by atoms with Gasteiger partial charge in [0.25, 0.3) is 0 Å². The monoisotopic (exact) mass is 281 g/mol. The summed E-state index contributed by atoms with van der Waals surface area (Å²) in [5.41, 5.74) is 3.07. The second-order valence-corrected chi connectivity index (χ2v) is 7.07. The Kier molecular flexibility index (Phi) is 3.22. The lowest BCUT2D eigenvalue weighted by Crippen LogP contribution is -2.15. The zero-order valence-electron chi connectivity index (χ0n) is 12.6. The van der Waals surface area contributed by atoms with Crippen LogP contribution in [0.25, 0.3) is 10.9 Å². The molecule has 0 amide bonds. The molecule has 0 spiro atoms. The minimum Gasteiger partial charge on any atom is -0.387 e. The molecule has 21 heavy (non-hydrogen) atoms. The first-order valence-corrected chi connectivity index (χ1v) is 8.25. The van der Waals surface area contributed by atoms with E-state index < -0.39 is 6.10 Å². The minimum atomic E-state index is -0.405. The van der Waals surface area contributed by atoms with Crippen molar-refractivity contribution in [3.05, 3.63) is 41.6 Å². The molecule has 0 radical (unpaired) electrons. The first-order chi connectivity index (χ1) is 10.2. The SMILES string of the molecule is Cc1cc(C(O)CC2CC3CCC2C3)nc2ccccc12. The number of aryl methyl sites for hydroxylation is 1. The smallest absolute Gasteiger partial charge is 0.0962 e. The van der Waals surface area contributed by atoms with Crippen LogP contribution in [-0.2, 0) is 0 Å². The van der Waals surface area contributed by atoms with Crippen LogP contribution in [0.5, 0.6) is 0 Å². The van der Waals surface area contributed by atoms with Crippen molar-refractivity contribution in [1.29, 1.82) is 0 Å². The van der Waals surface area contributed by atoms with Crippen molar-refractivity contribution in [2.75, 3.05) is 0 Å². The molecule has 1 aromatic carbocycles. The maximum Gasteiger partial charge on any atom is 0.0962 e. The van der Waals surface area contributed by atoms with Crippen LogP contribution in [0.3, 0.4) is 0 Å². The summed E-state index contributed by atoms with van der Waals surface area (Å²) in [5, 5.41) is 11.8. The molecular weight excluding hydrogens is 258 g/mol.